The molecule has 22 heavy (non-hydrogen) atoms. The molecule has 2 aromatic rings. The molecule has 0 aliphatic heterocycles. The molecular formula is C16H14Cl2N2O2. The Morgan fingerprint density at radius 1 is 1.05 bits per heavy atom. The minimum atomic E-state index is -1.90. The third-order valence-corrected chi connectivity index (χ3v) is 3.65. The fourth-order valence-electron chi connectivity index (χ4n) is 2.02. The number of hydrogen-bond donors (Lipinski definition) is 2. The Hall–Kier alpha value is -1.88. The number of amides is 1. The van der Waals surface area contributed by atoms with Gasteiger partial charge in [0.25, 0.3) is 5.91 Å². The fraction of sp³-hybridized carbons (Fsp3) is 0.125. The minimum absolute atomic E-state index is 0.378. The zero-order valence-corrected chi connectivity index (χ0v) is 13.3. The maximum absolute atomic E-state index is 12.5. The maximum Gasteiger partial charge on any atom is 0.281 e. The molecule has 1 amide bonds. The van der Waals surface area contributed by atoms with Gasteiger partial charge in [-0.2, -0.15) is 5.10 Å². The molecule has 2 N–H and O–H groups in total. The van der Waals surface area contributed by atoms with Crippen LogP contribution < -0.4 is 5.43 Å². The van der Waals surface area contributed by atoms with Crippen molar-refractivity contribution in [1.29, 1.82) is 0 Å². The summed E-state index contributed by atoms with van der Waals surface area (Å²) in [6.45, 7) is 1.66. The first-order valence-corrected chi connectivity index (χ1v) is 7.26. The third kappa shape index (κ3) is 3.30. The van der Waals surface area contributed by atoms with E-state index < -0.39 is 11.5 Å². The maximum atomic E-state index is 12.5. The van der Waals surface area contributed by atoms with Crippen molar-refractivity contribution in [2.75, 3.05) is 0 Å². The summed E-state index contributed by atoms with van der Waals surface area (Å²) in [5.41, 5.74) is 1.17. The van der Waals surface area contributed by atoms with Crippen LogP contribution in [0.5, 0.6) is 0 Å². The van der Waals surface area contributed by atoms with Gasteiger partial charge in [-0.3, -0.25) is 4.79 Å². The molecule has 0 aliphatic carbocycles. The van der Waals surface area contributed by atoms with E-state index in [4.69, 9.17) is 23.2 Å². The number of benzene rings is 2. The molecule has 114 valence electrons. The van der Waals surface area contributed by atoms with Crippen molar-refractivity contribution in [1.82, 2.24) is 5.43 Å². The summed E-state index contributed by atoms with van der Waals surface area (Å²) in [6, 6.07) is 12.8. The van der Waals surface area contributed by atoms with E-state index in [1.165, 1.54) is 6.21 Å². The number of aliphatic hydroxyl groups is 1. The van der Waals surface area contributed by atoms with E-state index in [2.05, 4.69) is 10.5 Å². The number of nitrogens with one attached hydrogen (secondary N) is 1. The second kappa shape index (κ2) is 6.92. The lowest BCUT2D eigenvalue weighted by atomic mass is 9.85. The fourth-order valence-corrected chi connectivity index (χ4v) is 2.27. The van der Waals surface area contributed by atoms with Crippen molar-refractivity contribution >= 4 is 35.3 Å². The zero-order valence-electron chi connectivity index (χ0n) is 11.8. The van der Waals surface area contributed by atoms with Gasteiger partial charge in [0.15, 0.2) is 5.60 Å². The topological polar surface area (TPSA) is 61.7 Å². The Balaban J connectivity index is 2.55. The number of halogens is 2. The molecule has 0 fully saturated rings. The number of hydrazone groups is 1. The van der Waals surface area contributed by atoms with Crippen LogP contribution in [0.2, 0.25) is 10.0 Å². The largest absolute Gasteiger partial charge is 0.372 e. The highest BCUT2D eigenvalue weighted by Crippen LogP contribution is 2.31. The predicted molar refractivity (Wildman–Crippen MR) is 88.2 cm³/mol. The molecule has 0 aliphatic rings. The summed E-state index contributed by atoms with van der Waals surface area (Å²) in [6.07, 6.45) is 1.42. The van der Waals surface area contributed by atoms with Crippen molar-refractivity contribution < 1.29 is 9.90 Å². The molecule has 0 saturated carbocycles. The molecule has 0 atom stereocenters. The van der Waals surface area contributed by atoms with Crippen molar-refractivity contribution in [3.63, 3.8) is 0 Å². The Bertz CT molecular complexity index is 637. The SMILES string of the molecule is CC=NNC(=O)C(O)(c1ccc(Cl)cc1)c1ccc(Cl)cc1. The number of nitrogens with zero attached hydrogens (tertiary/aromatic N) is 1. The van der Waals surface area contributed by atoms with Crippen molar-refractivity contribution in [3.8, 4) is 0 Å². The Labute approximate surface area is 138 Å². The summed E-state index contributed by atoms with van der Waals surface area (Å²) >= 11 is 11.7. The summed E-state index contributed by atoms with van der Waals surface area (Å²) in [4.78, 5) is 12.5. The predicted octanol–water partition coefficient (Wildman–Crippen LogP) is 3.35. The van der Waals surface area contributed by atoms with Crippen molar-refractivity contribution in [3.05, 3.63) is 69.7 Å². The quantitative estimate of drug-likeness (QED) is 0.664. The normalized spacial score (nSPS) is 11.6. The van der Waals surface area contributed by atoms with E-state index >= 15 is 0 Å². The van der Waals surface area contributed by atoms with Gasteiger partial charge in [0, 0.05) is 16.3 Å². The average molecular weight is 337 g/mol. The molecular weight excluding hydrogens is 323 g/mol. The molecule has 0 unspecified atom stereocenters. The summed E-state index contributed by atoms with van der Waals surface area (Å²) in [5, 5.41) is 15.8. The average Bonchev–Trinajstić information content (AvgIpc) is 2.53. The first kappa shape index (κ1) is 16.5. The van der Waals surface area contributed by atoms with Crippen LogP contribution in [0.1, 0.15) is 18.1 Å². The molecule has 0 saturated heterocycles. The first-order valence-electron chi connectivity index (χ1n) is 6.51. The number of rotatable bonds is 4. The van der Waals surface area contributed by atoms with Gasteiger partial charge in [-0.05, 0) is 42.3 Å². The van der Waals surface area contributed by atoms with Crippen LogP contribution in [0.25, 0.3) is 0 Å². The van der Waals surface area contributed by atoms with Crippen LogP contribution in [0.15, 0.2) is 53.6 Å². The number of carbonyl (C=O) groups is 1. The Morgan fingerprint density at radius 2 is 1.45 bits per heavy atom. The van der Waals surface area contributed by atoms with Gasteiger partial charge in [0.2, 0.25) is 0 Å². The smallest absolute Gasteiger partial charge is 0.281 e. The lowest BCUT2D eigenvalue weighted by Crippen LogP contribution is -2.43. The highest BCUT2D eigenvalue weighted by molar-refractivity contribution is 6.30. The van der Waals surface area contributed by atoms with Gasteiger partial charge in [-0.15, -0.1) is 0 Å². The van der Waals surface area contributed by atoms with E-state index in [1.54, 1.807) is 55.5 Å². The van der Waals surface area contributed by atoms with Crippen molar-refractivity contribution in [2.24, 2.45) is 5.10 Å². The van der Waals surface area contributed by atoms with Crippen molar-refractivity contribution in [2.45, 2.75) is 12.5 Å². The van der Waals surface area contributed by atoms with Crippen LogP contribution in [-0.2, 0) is 10.4 Å². The van der Waals surface area contributed by atoms with Crippen LogP contribution >= 0.6 is 23.2 Å². The van der Waals surface area contributed by atoms with E-state index in [-0.39, 0.29) is 0 Å². The van der Waals surface area contributed by atoms with E-state index in [9.17, 15) is 9.90 Å². The number of hydrogen-bond acceptors (Lipinski definition) is 3. The zero-order chi connectivity index (χ0) is 16.2. The molecule has 4 nitrogen and oxygen atoms in total. The van der Waals surface area contributed by atoms with Crippen LogP contribution in [-0.4, -0.2) is 17.2 Å². The lowest BCUT2D eigenvalue weighted by Gasteiger charge is -2.27. The van der Waals surface area contributed by atoms with E-state index in [1.807, 2.05) is 0 Å². The van der Waals surface area contributed by atoms with E-state index in [0.717, 1.165) is 0 Å². The van der Waals surface area contributed by atoms with Crippen LogP contribution in [0, 0.1) is 0 Å². The monoisotopic (exact) mass is 336 g/mol. The van der Waals surface area contributed by atoms with Gasteiger partial charge in [0.05, 0.1) is 0 Å². The first-order chi connectivity index (χ1) is 10.5. The molecule has 0 bridgehead atoms. The molecule has 6 heteroatoms. The molecule has 2 rings (SSSR count). The highest BCUT2D eigenvalue weighted by Gasteiger charge is 2.40. The molecule has 0 radical (unpaired) electrons. The number of carbonyl (C=O) groups excluding carboxylic acids is 1. The highest BCUT2D eigenvalue weighted by atomic mass is 35.5. The Morgan fingerprint density at radius 3 is 1.82 bits per heavy atom. The summed E-state index contributed by atoms with van der Waals surface area (Å²) in [5.74, 6) is -0.671. The minimum Gasteiger partial charge on any atom is -0.372 e. The summed E-state index contributed by atoms with van der Waals surface area (Å²) in [7, 11) is 0. The molecule has 0 spiro atoms. The molecule has 0 heterocycles. The summed E-state index contributed by atoms with van der Waals surface area (Å²) < 4.78 is 0. The van der Waals surface area contributed by atoms with Crippen LogP contribution in [0.3, 0.4) is 0 Å². The Kier molecular flexibility index (Phi) is 5.19. The van der Waals surface area contributed by atoms with Gasteiger partial charge in [0.1, 0.15) is 0 Å². The second-order valence-electron chi connectivity index (χ2n) is 4.55. The second-order valence-corrected chi connectivity index (χ2v) is 5.43. The van der Waals surface area contributed by atoms with Gasteiger partial charge in [-0.25, -0.2) is 5.43 Å². The third-order valence-electron chi connectivity index (χ3n) is 3.15. The van der Waals surface area contributed by atoms with Crippen LogP contribution in [0.4, 0.5) is 0 Å². The van der Waals surface area contributed by atoms with Gasteiger partial charge >= 0.3 is 0 Å². The lowest BCUT2D eigenvalue weighted by molar-refractivity contribution is -0.136. The van der Waals surface area contributed by atoms with Gasteiger partial charge in [-0.1, -0.05) is 47.5 Å². The molecule has 0 aromatic heterocycles. The molecule has 2 aromatic carbocycles. The standard InChI is InChI=1S/C16H14Cl2N2O2/c1-2-19-20-15(21)16(22,11-3-7-13(17)8-4-11)12-5-9-14(18)10-6-12/h2-10,22H,1H3,(H,20,21). The van der Waals surface area contributed by atoms with E-state index in [0.29, 0.717) is 21.2 Å². The van der Waals surface area contributed by atoms with Gasteiger partial charge < -0.3 is 5.11 Å².